The van der Waals surface area contributed by atoms with Crippen molar-refractivity contribution >= 4 is 44.2 Å². The van der Waals surface area contributed by atoms with Crippen molar-refractivity contribution in [2.24, 2.45) is 0 Å². The summed E-state index contributed by atoms with van der Waals surface area (Å²) in [7, 11) is 0. The van der Waals surface area contributed by atoms with Crippen molar-refractivity contribution in [1.29, 1.82) is 0 Å². The molecule has 2 aromatic heterocycles. The highest BCUT2D eigenvalue weighted by atomic mass is 14.9. The van der Waals surface area contributed by atoms with E-state index < -0.39 is 0 Å². The van der Waals surface area contributed by atoms with Crippen LogP contribution in [0, 0.1) is 13.8 Å². The molecule has 0 spiro atoms. The molecule has 0 fully saturated rings. The first kappa shape index (κ1) is 12.8. The fraction of sp³-hybridized carbons (Fsp3) is 0.111. The molecule has 0 saturated carbocycles. The minimum Gasteiger partial charge on any atom is -0.399 e. The van der Waals surface area contributed by atoms with Crippen LogP contribution in [-0.4, -0.2) is 9.97 Å². The van der Waals surface area contributed by atoms with Crippen molar-refractivity contribution < 1.29 is 0 Å². The summed E-state index contributed by atoms with van der Waals surface area (Å²) in [5.41, 5.74) is 16.6. The first-order chi connectivity index (χ1) is 10.5. The van der Waals surface area contributed by atoms with E-state index in [-0.39, 0.29) is 0 Å². The average Bonchev–Trinajstić information content (AvgIpc) is 2.49. The van der Waals surface area contributed by atoms with Gasteiger partial charge in [-0.15, -0.1) is 0 Å². The normalized spacial score (nSPS) is 11.5. The van der Waals surface area contributed by atoms with Crippen LogP contribution in [0.15, 0.2) is 36.4 Å². The molecule has 22 heavy (non-hydrogen) atoms. The lowest BCUT2D eigenvalue weighted by molar-refractivity contribution is 1.33. The maximum Gasteiger partial charge on any atom is 0.162 e. The fourth-order valence-electron chi connectivity index (χ4n) is 2.99. The standard InChI is InChI=1S/C18H16N4/c1-9-3-6-13-16(10(9)2)14-7-11-4-5-12(19)8-15(11)21-18(14)22-17(13)20/h3-8H,19H2,1-2H3,(H2,20,21,22). The van der Waals surface area contributed by atoms with Gasteiger partial charge in [0, 0.05) is 21.8 Å². The highest BCUT2D eigenvalue weighted by molar-refractivity contribution is 6.13. The molecule has 0 aliphatic heterocycles. The topological polar surface area (TPSA) is 77.8 Å². The summed E-state index contributed by atoms with van der Waals surface area (Å²) in [6.07, 6.45) is 0. The average molecular weight is 288 g/mol. The Morgan fingerprint density at radius 3 is 2.50 bits per heavy atom. The van der Waals surface area contributed by atoms with Crippen molar-refractivity contribution in [3.63, 3.8) is 0 Å². The van der Waals surface area contributed by atoms with Crippen LogP contribution in [0.1, 0.15) is 11.1 Å². The third-order valence-corrected chi connectivity index (χ3v) is 4.33. The number of pyridine rings is 2. The predicted octanol–water partition coefficient (Wildman–Crippen LogP) is 3.72. The minimum absolute atomic E-state index is 0.515. The van der Waals surface area contributed by atoms with Gasteiger partial charge in [-0.3, -0.25) is 0 Å². The van der Waals surface area contributed by atoms with Crippen LogP contribution in [0.4, 0.5) is 11.5 Å². The second-order valence-electron chi connectivity index (χ2n) is 5.74. The molecule has 108 valence electrons. The van der Waals surface area contributed by atoms with E-state index in [1.54, 1.807) is 0 Å². The summed E-state index contributed by atoms with van der Waals surface area (Å²) in [4.78, 5) is 9.13. The lowest BCUT2D eigenvalue weighted by Gasteiger charge is -2.11. The van der Waals surface area contributed by atoms with Gasteiger partial charge in [0.15, 0.2) is 5.65 Å². The molecule has 0 amide bonds. The largest absolute Gasteiger partial charge is 0.399 e. The first-order valence-corrected chi connectivity index (χ1v) is 7.20. The van der Waals surface area contributed by atoms with E-state index in [4.69, 9.17) is 11.5 Å². The number of nitrogen functional groups attached to an aromatic ring is 2. The maximum atomic E-state index is 6.14. The Labute approximate surface area is 127 Å². The molecule has 4 nitrogen and oxygen atoms in total. The van der Waals surface area contributed by atoms with E-state index in [2.05, 4.69) is 35.9 Å². The molecule has 2 heterocycles. The minimum atomic E-state index is 0.515. The van der Waals surface area contributed by atoms with Crippen molar-refractivity contribution in [3.05, 3.63) is 47.5 Å². The molecule has 4 N–H and O–H groups in total. The number of anilines is 2. The van der Waals surface area contributed by atoms with Gasteiger partial charge in [-0.2, -0.15) is 0 Å². The summed E-state index contributed by atoms with van der Waals surface area (Å²) >= 11 is 0. The van der Waals surface area contributed by atoms with Crippen LogP contribution in [0.2, 0.25) is 0 Å². The summed E-state index contributed by atoms with van der Waals surface area (Å²) in [5, 5.41) is 4.19. The summed E-state index contributed by atoms with van der Waals surface area (Å²) < 4.78 is 0. The second kappa shape index (κ2) is 4.31. The Bertz CT molecular complexity index is 1070. The number of fused-ring (bicyclic) bond motifs is 4. The summed E-state index contributed by atoms with van der Waals surface area (Å²) in [6.45, 7) is 4.22. The van der Waals surface area contributed by atoms with Gasteiger partial charge >= 0.3 is 0 Å². The number of hydrogen-bond donors (Lipinski definition) is 2. The molecular weight excluding hydrogens is 272 g/mol. The highest BCUT2D eigenvalue weighted by Gasteiger charge is 2.12. The van der Waals surface area contributed by atoms with Gasteiger partial charge in [-0.25, -0.2) is 9.97 Å². The second-order valence-corrected chi connectivity index (χ2v) is 5.74. The van der Waals surface area contributed by atoms with Crippen LogP contribution in [0.3, 0.4) is 0 Å². The zero-order chi connectivity index (χ0) is 15.4. The Balaban J connectivity index is 2.28. The smallest absolute Gasteiger partial charge is 0.162 e. The fourth-order valence-corrected chi connectivity index (χ4v) is 2.99. The van der Waals surface area contributed by atoms with Crippen molar-refractivity contribution in [2.45, 2.75) is 13.8 Å². The lowest BCUT2D eigenvalue weighted by atomic mass is 9.98. The Morgan fingerprint density at radius 1 is 0.864 bits per heavy atom. The monoisotopic (exact) mass is 288 g/mol. The quantitative estimate of drug-likeness (QED) is 0.294. The number of nitrogens with zero attached hydrogens (tertiary/aromatic N) is 2. The van der Waals surface area contributed by atoms with Crippen molar-refractivity contribution in [2.75, 3.05) is 11.5 Å². The molecule has 0 aliphatic rings. The lowest BCUT2D eigenvalue weighted by Crippen LogP contribution is -1.98. The molecule has 4 heteroatoms. The molecule has 0 radical (unpaired) electrons. The molecule has 0 saturated heterocycles. The van der Waals surface area contributed by atoms with Crippen LogP contribution in [0.5, 0.6) is 0 Å². The third kappa shape index (κ3) is 1.70. The van der Waals surface area contributed by atoms with E-state index in [1.807, 2.05) is 24.3 Å². The number of hydrogen-bond acceptors (Lipinski definition) is 4. The van der Waals surface area contributed by atoms with E-state index in [1.165, 1.54) is 11.1 Å². The van der Waals surface area contributed by atoms with Gasteiger partial charge in [0.2, 0.25) is 0 Å². The van der Waals surface area contributed by atoms with Crippen molar-refractivity contribution in [3.8, 4) is 0 Å². The zero-order valence-electron chi connectivity index (χ0n) is 12.5. The Morgan fingerprint density at radius 2 is 1.68 bits per heavy atom. The molecule has 4 rings (SSSR count). The van der Waals surface area contributed by atoms with Gasteiger partial charge in [0.1, 0.15) is 5.82 Å². The molecule has 2 aromatic carbocycles. The van der Waals surface area contributed by atoms with Crippen molar-refractivity contribution in [1.82, 2.24) is 9.97 Å². The number of rotatable bonds is 0. The summed E-state index contributed by atoms with van der Waals surface area (Å²) in [6, 6.07) is 12.0. The third-order valence-electron chi connectivity index (χ3n) is 4.33. The van der Waals surface area contributed by atoms with Gasteiger partial charge in [-0.05, 0) is 48.6 Å². The Kier molecular flexibility index (Phi) is 2.51. The van der Waals surface area contributed by atoms with E-state index >= 15 is 0 Å². The number of aryl methyl sites for hydroxylation is 2. The van der Waals surface area contributed by atoms with Crippen LogP contribution >= 0.6 is 0 Å². The molecule has 4 aromatic rings. The van der Waals surface area contributed by atoms with Crippen LogP contribution in [0.25, 0.3) is 32.7 Å². The molecule has 0 aliphatic carbocycles. The van der Waals surface area contributed by atoms with Gasteiger partial charge < -0.3 is 11.5 Å². The number of nitrogens with two attached hydrogens (primary N) is 2. The van der Waals surface area contributed by atoms with Gasteiger partial charge in [-0.1, -0.05) is 18.2 Å². The van der Waals surface area contributed by atoms with E-state index in [0.717, 1.165) is 27.1 Å². The molecule has 0 bridgehead atoms. The van der Waals surface area contributed by atoms with Gasteiger partial charge in [0.25, 0.3) is 0 Å². The molecule has 0 atom stereocenters. The SMILES string of the molecule is Cc1ccc2c(N)nc3nc4cc(N)ccc4cc3c2c1C. The Hall–Kier alpha value is -2.88. The summed E-state index contributed by atoms with van der Waals surface area (Å²) in [5.74, 6) is 0.515. The molecular formula is C18H16N4. The molecule has 0 unspecified atom stereocenters. The van der Waals surface area contributed by atoms with E-state index in [9.17, 15) is 0 Å². The number of benzene rings is 2. The maximum absolute atomic E-state index is 6.14. The number of aromatic nitrogens is 2. The highest BCUT2D eigenvalue weighted by Crippen LogP contribution is 2.33. The van der Waals surface area contributed by atoms with Crippen LogP contribution < -0.4 is 11.5 Å². The predicted molar refractivity (Wildman–Crippen MR) is 92.8 cm³/mol. The van der Waals surface area contributed by atoms with Crippen LogP contribution in [-0.2, 0) is 0 Å². The van der Waals surface area contributed by atoms with E-state index in [0.29, 0.717) is 17.2 Å². The first-order valence-electron chi connectivity index (χ1n) is 7.20. The van der Waals surface area contributed by atoms with Gasteiger partial charge in [0.05, 0.1) is 5.52 Å². The zero-order valence-corrected chi connectivity index (χ0v) is 12.5.